The van der Waals surface area contributed by atoms with Crippen molar-refractivity contribution in [3.8, 4) is 0 Å². The van der Waals surface area contributed by atoms with Crippen molar-refractivity contribution in [1.29, 1.82) is 0 Å². The van der Waals surface area contributed by atoms with E-state index in [2.05, 4.69) is 26.1 Å². The van der Waals surface area contributed by atoms with Gasteiger partial charge in [0.25, 0.3) is 0 Å². The van der Waals surface area contributed by atoms with E-state index in [9.17, 15) is 4.79 Å². The number of anilines is 1. The van der Waals surface area contributed by atoms with Gasteiger partial charge in [-0.3, -0.25) is 0 Å². The second-order valence-electron chi connectivity index (χ2n) is 5.49. The summed E-state index contributed by atoms with van der Waals surface area (Å²) in [5, 5.41) is 3.48. The minimum absolute atomic E-state index is 0.281. The van der Waals surface area contributed by atoms with E-state index in [0.717, 1.165) is 17.7 Å². The van der Waals surface area contributed by atoms with Crippen molar-refractivity contribution in [3.63, 3.8) is 0 Å². The maximum Gasteiger partial charge on any atom is 0.338 e. The second kappa shape index (κ2) is 7.17. The van der Waals surface area contributed by atoms with Gasteiger partial charge in [0.05, 0.1) is 12.7 Å². The Morgan fingerprint density at radius 2 is 1.95 bits per heavy atom. The molecular weight excluding hydrogens is 238 g/mol. The first-order chi connectivity index (χ1) is 8.95. The van der Waals surface area contributed by atoms with Crippen LogP contribution in [0, 0.1) is 12.8 Å². The fourth-order valence-corrected chi connectivity index (χ4v) is 2.04. The van der Waals surface area contributed by atoms with E-state index >= 15 is 0 Å². The van der Waals surface area contributed by atoms with Crippen LogP contribution in [-0.2, 0) is 4.74 Å². The van der Waals surface area contributed by atoms with Gasteiger partial charge in [-0.15, -0.1) is 0 Å². The summed E-state index contributed by atoms with van der Waals surface area (Å²) in [5.41, 5.74) is 2.59. The van der Waals surface area contributed by atoms with Gasteiger partial charge in [-0.25, -0.2) is 4.79 Å². The van der Waals surface area contributed by atoms with Crippen LogP contribution in [0.15, 0.2) is 18.2 Å². The predicted octanol–water partition coefficient (Wildman–Crippen LogP) is 4.02. The summed E-state index contributed by atoms with van der Waals surface area (Å²) in [4.78, 5) is 11.6. The average Bonchev–Trinajstić information content (AvgIpc) is 2.38. The zero-order chi connectivity index (χ0) is 14.4. The third kappa shape index (κ3) is 4.58. The third-order valence-electron chi connectivity index (χ3n) is 3.32. The van der Waals surface area contributed by atoms with E-state index in [-0.39, 0.29) is 5.97 Å². The van der Waals surface area contributed by atoms with Crippen LogP contribution in [0.5, 0.6) is 0 Å². The van der Waals surface area contributed by atoms with Crippen LogP contribution in [0.25, 0.3) is 0 Å². The monoisotopic (exact) mass is 263 g/mol. The van der Waals surface area contributed by atoms with E-state index in [1.807, 2.05) is 19.1 Å². The molecule has 1 aromatic rings. The zero-order valence-corrected chi connectivity index (χ0v) is 12.6. The first-order valence-electron chi connectivity index (χ1n) is 6.90. The Morgan fingerprint density at radius 3 is 2.53 bits per heavy atom. The van der Waals surface area contributed by atoms with Crippen molar-refractivity contribution in [1.82, 2.24) is 0 Å². The summed E-state index contributed by atoms with van der Waals surface area (Å²) in [6.45, 7) is 8.59. The molecule has 0 heterocycles. The lowest BCUT2D eigenvalue weighted by atomic mass is 10.0. The first kappa shape index (κ1) is 15.5. The Morgan fingerprint density at radius 1 is 1.26 bits per heavy atom. The number of carbonyl (C=O) groups excluding carboxylic acids is 1. The molecule has 19 heavy (non-hydrogen) atoms. The molecule has 1 aromatic carbocycles. The van der Waals surface area contributed by atoms with Crippen LogP contribution in [0.2, 0.25) is 0 Å². The summed E-state index contributed by atoms with van der Waals surface area (Å²) in [7, 11) is 1.41. The van der Waals surface area contributed by atoms with E-state index in [1.54, 1.807) is 6.07 Å². The van der Waals surface area contributed by atoms with Gasteiger partial charge in [0.2, 0.25) is 0 Å². The van der Waals surface area contributed by atoms with Crippen LogP contribution < -0.4 is 5.32 Å². The summed E-state index contributed by atoms with van der Waals surface area (Å²) in [6, 6.07) is 6.09. The van der Waals surface area contributed by atoms with Crippen molar-refractivity contribution in [3.05, 3.63) is 29.3 Å². The van der Waals surface area contributed by atoms with E-state index < -0.39 is 0 Å². The van der Waals surface area contributed by atoms with E-state index in [0.29, 0.717) is 17.5 Å². The fraction of sp³-hybridized carbons (Fsp3) is 0.562. The normalized spacial score (nSPS) is 12.3. The van der Waals surface area contributed by atoms with Crippen LogP contribution in [0.3, 0.4) is 0 Å². The standard InChI is InChI=1S/C16H25NO2/c1-11(2)9-10-12(3)17-15-8-6-7-14(13(15)4)16(18)19-5/h6-8,11-12,17H,9-10H2,1-5H3. The third-order valence-corrected chi connectivity index (χ3v) is 3.32. The second-order valence-corrected chi connectivity index (χ2v) is 5.49. The summed E-state index contributed by atoms with van der Waals surface area (Å²) in [5.74, 6) is 0.433. The summed E-state index contributed by atoms with van der Waals surface area (Å²) in [6.07, 6.45) is 2.32. The highest BCUT2D eigenvalue weighted by molar-refractivity contribution is 5.92. The lowest BCUT2D eigenvalue weighted by Gasteiger charge is -2.19. The van der Waals surface area contributed by atoms with Crippen molar-refractivity contribution in [2.45, 2.75) is 46.6 Å². The van der Waals surface area contributed by atoms with Gasteiger partial charge in [-0.2, -0.15) is 0 Å². The molecule has 1 rings (SSSR count). The zero-order valence-electron chi connectivity index (χ0n) is 12.6. The Balaban J connectivity index is 2.76. The highest BCUT2D eigenvalue weighted by Crippen LogP contribution is 2.21. The quantitative estimate of drug-likeness (QED) is 0.788. The van der Waals surface area contributed by atoms with E-state index in [4.69, 9.17) is 4.74 Å². The van der Waals surface area contributed by atoms with Crippen LogP contribution in [0.1, 0.15) is 49.5 Å². The molecule has 0 radical (unpaired) electrons. The molecule has 1 unspecified atom stereocenters. The van der Waals surface area contributed by atoms with Gasteiger partial charge in [-0.05, 0) is 50.3 Å². The SMILES string of the molecule is COC(=O)c1cccc(NC(C)CCC(C)C)c1C. The van der Waals surface area contributed by atoms with Crippen LogP contribution in [-0.4, -0.2) is 19.1 Å². The summed E-state index contributed by atoms with van der Waals surface area (Å²) >= 11 is 0. The summed E-state index contributed by atoms with van der Waals surface area (Å²) < 4.78 is 4.79. The number of hydrogen-bond donors (Lipinski definition) is 1. The number of ether oxygens (including phenoxy) is 1. The van der Waals surface area contributed by atoms with Crippen LogP contribution in [0.4, 0.5) is 5.69 Å². The van der Waals surface area contributed by atoms with Crippen molar-refractivity contribution < 1.29 is 9.53 Å². The maximum absolute atomic E-state index is 11.6. The molecule has 0 amide bonds. The number of benzene rings is 1. The number of hydrogen-bond acceptors (Lipinski definition) is 3. The minimum Gasteiger partial charge on any atom is -0.465 e. The van der Waals surface area contributed by atoms with Crippen molar-refractivity contribution >= 4 is 11.7 Å². The molecule has 0 saturated heterocycles. The number of nitrogens with one attached hydrogen (secondary N) is 1. The van der Waals surface area contributed by atoms with Gasteiger partial charge >= 0.3 is 5.97 Å². The predicted molar refractivity (Wildman–Crippen MR) is 79.7 cm³/mol. The largest absolute Gasteiger partial charge is 0.465 e. The molecule has 0 fully saturated rings. The molecule has 0 saturated carbocycles. The molecule has 0 aliphatic heterocycles. The van der Waals surface area contributed by atoms with Gasteiger partial charge in [0.1, 0.15) is 0 Å². The average molecular weight is 263 g/mol. The first-order valence-corrected chi connectivity index (χ1v) is 6.90. The van der Waals surface area contributed by atoms with Gasteiger partial charge in [0, 0.05) is 11.7 Å². The number of rotatable bonds is 6. The fourth-order valence-electron chi connectivity index (χ4n) is 2.04. The van der Waals surface area contributed by atoms with Gasteiger partial charge in [0.15, 0.2) is 0 Å². The molecule has 1 atom stereocenters. The topological polar surface area (TPSA) is 38.3 Å². The molecule has 1 N–H and O–H groups in total. The Labute approximate surface area is 116 Å². The molecule has 3 heteroatoms. The minimum atomic E-state index is -0.281. The van der Waals surface area contributed by atoms with Crippen LogP contribution >= 0.6 is 0 Å². The van der Waals surface area contributed by atoms with E-state index in [1.165, 1.54) is 13.5 Å². The number of methoxy groups -OCH3 is 1. The molecule has 0 aliphatic carbocycles. The molecule has 0 aromatic heterocycles. The van der Waals surface area contributed by atoms with Crippen molar-refractivity contribution in [2.24, 2.45) is 5.92 Å². The van der Waals surface area contributed by atoms with Crippen molar-refractivity contribution in [2.75, 3.05) is 12.4 Å². The highest BCUT2D eigenvalue weighted by Gasteiger charge is 2.13. The Bertz CT molecular complexity index is 427. The highest BCUT2D eigenvalue weighted by atomic mass is 16.5. The molecule has 0 aliphatic rings. The number of carbonyl (C=O) groups is 1. The molecule has 106 valence electrons. The van der Waals surface area contributed by atoms with Gasteiger partial charge < -0.3 is 10.1 Å². The molecular formula is C16H25NO2. The lowest BCUT2D eigenvalue weighted by molar-refractivity contribution is 0.0600. The molecule has 0 spiro atoms. The lowest BCUT2D eigenvalue weighted by Crippen LogP contribution is -2.17. The maximum atomic E-state index is 11.6. The Hall–Kier alpha value is -1.51. The number of esters is 1. The smallest absolute Gasteiger partial charge is 0.338 e. The van der Waals surface area contributed by atoms with Gasteiger partial charge in [-0.1, -0.05) is 19.9 Å². The Kier molecular flexibility index (Phi) is 5.87. The molecule has 0 bridgehead atoms. The molecule has 3 nitrogen and oxygen atoms in total.